The predicted octanol–water partition coefficient (Wildman–Crippen LogP) is 4.90. The van der Waals surface area contributed by atoms with Gasteiger partial charge in [0.1, 0.15) is 27.9 Å². The number of sulfone groups is 1. The number of aryl methyl sites for hydroxylation is 1. The summed E-state index contributed by atoms with van der Waals surface area (Å²) in [6.45, 7) is 1.82. The minimum Gasteiger partial charge on any atom is -0.438 e. The number of benzene rings is 2. The number of fused-ring (bicyclic) bond motifs is 1. The Morgan fingerprint density at radius 2 is 1.79 bits per heavy atom. The number of nitriles is 1. The van der Waals surface area contributed by atoms with Crippen molar-refractivity contribution in [1.82, 2.24) is 9.38 Å². The van der Waals surface area contributed by atoms with Crippen LogP contribution in [0, 0.1) is 18.3 Å². The zero-order valence-corrected chi connectivity index (χ0v) is 19.7. The van der Waals surface area contributed by atoms with Crippen molar-refractivity contribution in [2.75, 3.05) is 0 Å². The number of hydrogen-bond donors (Lipinski definition) is 0. The van der Waals surface area contributed by atoms with Gasteiger partial charge in [0, 0.05) is 10.7 Å². The van der Waals surface area contributed by atoms with E-state index in [0.29, 0.717) is 11.4 Å². The van der Waals surface area contributed by atoms with Crippen LogP contribution in [-0.4, -0.2) is 17.8 Å². The third-order valence-electron chi connectivity index (χ3n) is 4.77. The Balaban J connectivity index is 1.92. The Hall–Kier alpha value is -3.74. The molecule has 2 aromatic heterocycles. The van der Waals surface area contributed by atoms with Gasteiger partial charge >= 0.3 is 0 Å². The summed E-state index contributed by atoms with van der Waals surface area (Å²) in [5, 5.41) is 9.68. The van der Waals surface area contributed by atoms with E-state index in [-0.39, 0.29) is 16.3 Å². The van der Waals surface area contributed by atoms with Gasteiger partial charge in [0.05, 0.1) is 4.90 Å². The van der Waals surface area contributed by atoms with E-state index in [1.165, 1.54) is 22.7 Å². The molecule has 0 fully saturated rings. The summed E-state index contributed by atoms with van der Waals surface area (Å²) >= 11 is 3.34. The van der Waals surface area contributed by atoms with E-state index >= 15 is 0 Å². The maximum absolute atomic E-state index is 13.2. The highest BCUT2D eigenvalue weighted by Crippen LogP contribution is 2.27. The lowest BCUT2D eigenvalue weighted by molar-refractivity contribution is 0.461. The molecule has 164 valence electrons. The zero-order valence-electron chi connectivity index (χ0n) is 17.3. The highest BCUT2D eigenvalue weighted by atomic mass is 79.9. The van der Waals surface area contributed by atoms with Gasteiger partial charge in [0.25, 0.3) is 5.56 Å². The van der Waals surface area contributed by atoms with E-state index in [9.17, 15) is 18.5 Å². The molecule has 4 rings (SSSR count). The number of rotatable bonds is 5. The predicted molar refractivity (Wildman–Crippen MR) is 128 cm³/mol. The molecule has 7 nitrogen and oxygen atoms in total. The van der Waals surface area contributed by atoms with Crippen LogP contribution in [0.1, 0.15) is 11.1 Å². The minimum atomic E-state index is -4.17. The fraction of sp³-hybridized carbons (Fsp3) is 0.0417. The monoisotopic (exact) mass is 521 g/mol. The summed E-state index contributed by atoms with van der Waals surface area (Å²) in [6, 6.07) is 19.6. The summed E-state index contributed by atoms with van der Waals surface area (Å²) < 4.78 is 34.1. The molecule has 2 heterocycles. The van der Waals surface area contributed by atoms with Crippen molar-refractivity contribution in [2.45, 2.75) is 11.8 Å². The second-order valence-corrected chi connectivity index (χ2v) is 9.89. The first-order valence-corrected chi connectivity index (χ1v) is 12.0. The van der Waals surface area contributed by atoms with E-state index in [0.717, 1.165) is 16.1 Å². The quantitative estimate of drug-likeness (QED) is 0.346. The van der Waals surface area contributed by atoms with Crippen LogP contribution in [0.2, 0.25) is 0 Å². The van der Waals surface area contributed by atoms with Crippen molar-refractivity contribution >= 4 is 37.5 Å². The Kier molecular flexibility index (Phi) is 6.14. The smallest absolute Gasteiger partial charge is 0.269 e. The molecule has 0 radical (unpaired) electrons. The highest BCUT2D eigenvalue weighted by molar-refractivity contribution is 9.10. The van der Waals surface area contributed by atoms with Gasteiger partial charge in [-0.3, -0.25) is 9.20 Å². The molecule has 0 spiro atoms. The maximum atomic E-state index is 13.2. The van der Waals surface area contributed by atoms with E-state index in [2.05, 4.69) is 20.9 Å². The summed E-state index contributed by atoms with van der Waals surface area (Å²) in [4.78, 5) is 17.0. The van der Waals surface area contributed by atoms with Crippen LogP contribution in [0.5, 0.6) is 11.6 Å². The molecule has 0 amide bonds. The Morgan fingerprint density at radius 1 is 1.09 bits per heavy atom. The lowest BCUT2D eigenvalue weighted by Gasteiger charge is -2.10. The van der Waals surface area contributed by atoms with Crippen LogP contribution < -0.4 is 10.3 Å². The molecule has 2 aromatic carbocycles. The molecule has 0 aliphatic carbocycles. The fourth-order valence-corrected chi connectivity index (χ4v) is 4.45. The molecule has 0 aliphatic rings. The topological polar surface area (TPSA) is 102 Å². The summed E-state index contributed by atoms with van der Waals surface area (Å²) in [5.41, 5.74) is 0.457. The highest BCUT2D eigenvalue weighted by Gasteiger charge is 2.23. The van der Waals surface area contributed by atoms with Crippen LogP contribution in [0.4, 0.5) is 0 Å². The van der Waals surface area contributed by atoms with Crippen LogP contribution in [0.15, 0.2) is 92.0 Å². The Bertz CT molecular complexity index is 1580. The molecule has 0 unspecified atom stereocenters. The zero-order chi connectivity index (χ0) is 23.6. The number of ether oxygens (including phenoxy) is 1. The van der Waals surface area contributed by atoms with E-state index in [1.807, 2.05) is 6.92 Å². The second kappa shape index (κ2) is 9.02. The van der Waals surface area contributed by atoms with E-state index in [1.54, 1.807) is 60.7 Å². The van der Waals surface area contributed by atoms with Crippen molar-refractivity contribution in [3.05, 3.63) is 104 Å². The van der Waals surface area contributed by atoms with Gasteiger partial charge in [0.15, 0.2) is 0 Å². The van der Waals surface area contributed by atoms with Gasteiger partial charge in [-0.2, -0.15) is 10.2 Å². The van der Waals surface area contributed by atoms with Crippen LogP contribution in [0.25, 0.3) is 11.7 Å². The molecule has 0 saturated heterocycles. The summed E-state index contributed by atoms with van der Waals surface area (Å²) in [6.07, 6.45) is 2.52. The molecule has 9 heteroatoms. The molecule has 0 saturated carbocycles. The molecule has 0 N–H and O–H groups in total. The minimum absolute atomic E-state index is 0.0508. The number of halogens is 1. The van der Waals surface area contributed by atoms with E-state index in [4.69, 9.17) is 4.74 Å². The average Bonchev–Trinajstić information content (AvgIpc) is 2.80. The van der Waals surface area contributed by atoms with Crippen LogP contribution >= 0.6 is 15.9 Å². The Labute approximate surface area is 198 Å². The molecule has 0 aliphatic heterocycles. The number of nitrogens with zero attached hydrogens (tertiary/aromatic N) is 3. The standard InChI is InChI=1S/C24H16BrN3O4S/c1-16-5-11-19(12-6-16)33(30,31)20(15-26)14-21-23(32-18-9-7-17(25)8-10-18)27-22-4-2-3-13-28(22)24(21)29/h2-14H,1H3. The average molecular weight is 522 g/mol. The van der Waals surface area contributed by atoms with Gasteiger partial charge in [0.2, 0.25) is 15.7 Å². The van der Waals surface area contributed by atoms with Gasteiger partial charge in [-0.25, -0.2) is 8.42 Å². The largest absolute Gasteiger partial charge is 0.438 e. The van der Waals surface area contributed by atoms with Crippen LogP contribution in [-0.2, 0) is 9.84 Å². The SMILES string of the molecule is Cc1ccc(S(=O)(=O)C(C#N)=Cc2c(Oc3ccc(Br)cc3)nc3ccccn3c2=O)cc1. The van der Waals surface area contributed by atoms with Gasteiger partial charge in [-0.05, 0) is 61.5 Å². The van der Waals surface area contributed by atoms with Crippen molar-refractivity contribution in [1.29, 1.82) is 5.26 Å². The lowest BCUT2D eigenvalue weighted by Crippen LogP contribution is -2.19. The third kappa shape index (κ3) is 4.58. The second-order valence-electron chi connectivity index (χ2n) is 7.06. The number of allylic oxidation sites excluding steroid dienone is 1. The first kappa shape index (κ1) is 22.5. The first-order chi connectivity index (χ1) is 15.8. The Morgan fingerprint density at radius 3 is 2.45 bits per heavy atom. The first-order valence-electron chi connectivity index (χ1n) is 9.68. The van der Waals surface area contributed by atoms with Gasteiger partial charge in [-0.1, -0.05) is 39.7 Å². The van der Waals surface area contributed by atoms with Gasteiger partial charge in [-0.15, -0.1) is 0 Å². The summed E-state index contributed by atoms with van der Waals surface area (Å²) in [5.74, 6) is 0.278. The van der Waals surface area contributed by atoms with Crippen molar-refractivity contribution < 1.29 is 13.2 Å². The third-order valence-corrected chi connectivity index (χ3v) is 6.98. The molecular formula is C24H16BrN3O4S. The van der Waals surface area contributed by atoms with Crippen molar-refractivity contribution in [2.24, 2.45) is 0 Å². The van der Waals surface area contributed by atoms with Crippen LogP contribution in [0.3, 0.4) is 0 Å². The number of pyridine rings is 1. The van der Waals surface area contributed by atoms with Gasteiger partial charge < -0.3 is 4.74 Å². The van der Waals surface area contributed by atoms with Crippen molar-refractivity contribution in [3.63, 3.8) is 0 Å². The van der Waals surface area contributed by atoms with E-state index < -0.39 is 20.3 Å². The summed E-state index contributed by atoms with van der Waals surface area (Å²) in [7, 11) is -4.17. The maximum Gasteiger partial charge on any atom is 0.269 e. The number of hydrogen-bond acceptors (Lipinski definition) is 6. The molecular weight excluding hydrogens is 506 g/mol. The molecule has 33 heavy (non-hydrogen) atoms. The van der Waals surface area contributed by atoms with Crippen molar-refractivity contribution in [3.8, 4) is 17.7 Å². The molecule has 4 aromatic rings. The number of aromatic nitrogens is 2. The normalized spacial score (nSPS) is 11.8. The fourth-order valence-electron chi connectivity index (χ4n) is 3.04. The lowest BCUT2D eigenvalue weighted by atomic mass is 10.2. The molecule has 0 bridgehead atoms. The molecule has 0 atom stereocenters.